The monoisotopic (exact) mass is 433 g/mol. The van der Waals surface area contributed by atoms with E-state index in [4.69, 9.17) is 9.47 Å². The smallest absolute Gasteiger partial charge is 0.332 e. The summed E-state index contributed by atoms with van der Waals surface area (Å²) in [4.78, 5) is 37.7. The number of ether oxygens (including phenoxy) is 2. The van der Waals surface area contributed by atoms with Crippen LogP contribution in [0.1, 0.15) is 29.3 Å². The number of allylic oxidation sites excluding steroid dienone is 1. The van der Waals surface area contributed by atoms with E-state index in [0.29, 0.717) is 34.5 Å². The van der Waals surface area contributed by atoms with Crippen molar-refractivity contribution in [2.75, 3.05) is 12.1 Å². The maximum atomic E-state index is 12.9. The average molecular weight is 434 g/mol. The van der Waals surface area contributed by atoms with Crippen molar-refractivity contribution in [1.29, 1.82) is 0 Å². The van der Waals surface area contributed by atoms with E-state index in [-0.39, 0.29) is 23.9 Å². The maximum Gasteiger partial charge on any atom is 0.332 e. The van der Waals surface area contributed by atoms with E-state index >= 15 is 0 Å². The van der Waals surface area contributed by atoms with Gasteiger partial charge in [0.2, 0.25) is 12.6 Å². The fourth-order valence-corrected chi connectivity index (χ4v) is 3.59. The van der Waals surface area contributed by atoms with E-state index in [1.165, 1.54) is 11.6 Å². The number of fused-ring (bicyclic) bond motifs is 2. The molecule has 0 bridgehead atoms. The van der Waals surface area contributed by atoms with E-state index in [1.807, 2.05) is 6.92 Å². The molecule has 8 nitrogen and oxygen atoms in total. The highest BCUT2D eigenvalue weighted by molar-refractivity contribution is 9.10. The van der Waals surface area contributed by atoms with Gasteiger partial charge in [-0.05, 0) is 30.2 Å². The molecule has 0 unspecified atom stereocenters. The van der Waals surface area contributed by atoms with Crippen LogP contribution in [0.3, 0.4) is 0 Å². The molecule has 4 rings (SSSR count). The van der Waals surface area contributed by atoms with Crippen molar-refractivity contribution in [2.45, 2.75) is 19.9 Å². The second-order valence-corrected chi connectivity index (χ2v) is 7.12. The number of carbonyl (C=O) groups is 1. The third-order valence-corrected chi connectivity index (χ3v) is 5.19. The second-order valence-electron chi connectivity index (χ2n) is 6.26. The Bertz CT molecular complexity index is 1130. The van der Waals surface area contributed by atoms with Crippen LogP contribution in [0.15, 0.2) is 31.9 Å². The van der Waals surface area contributed by atoms with E-state index in [2.05, 4.69) is 21.2 Å². The molecule has 1 aromatic heterocycles. The van der Waals surface area contributed by atoms with Crippen LogP contribution in [0.4, 0.5) is 5.82 Å². The highest BCUT2D eigenvalue weighted by Crippen LogP contribution is 2.38. The van der Waals surface area contributed by atoms with Gasteiger partial charge in [-0.3, -0.25) is 18.7 Å². The van der Waals surface area contributed by atoms with Crippen LogP contribution in [0, 0.1) is 0 Å². The van der Waals surface area contributed by atoms with Gasteiger partial charge in [0.15, 0.2) is 11.5 Å². The van der Waals surface area contributed by atoms with Crippen molar-refractivity contribution in [3.05, 3.63) is 54.3 Å². The van der Waals surface area contributed by atoms with Gasteiger partial charge in [0.1, 0.15) is 11.4 Å². The Morgan fingerprint density at radius 2 is 1.93 bits per heavy atom. The third-order valence-electron chi connectivity index (χ3n) is 4.51. The number of Topliss-reactive ketones (excluding diaryl/α,β-unsaturated/α-hetero) is 1. The summed E-state index contributed by atoms with van der Waals surface area (Å²) in [6, 6.07) is 3.50. The molecule has 0 spiro atoms. The summed E-state index contributed by atoms with van der Waals surface area (Å²) < 4.78 is 13.8. The molecule has 140 valence electrons. The number of hydrogen-bond acceptors (Lipinski definition) is 6. The zero-order chi connectivity index (χ0) is 19.3. The number of nitrogens with zero attached hydrogens (tertiary/aromatic N) is 2. The lowest BCUT2D eigenvalue weighted by Gasteiger charge is -2.11. The number of nitrogens with one attached hydrogen (secondary N) is 1. The third kappa shape index (κ3) is 2.69. The van der Waals surface area contributed by atoms with E-state index in [9.17, 15) is 14.4 Å². The van der Waals surface area contributed by atoms with Crippen LogP contribution in [-0.4, -0.2) is 21.7 Å². The minimum atomic E-state index is -0.604. The second kappa shape index (κ2) is 6.41. The summed E-state index contributed by atoms with van der Waals surface area (Å²) in [7, 11) is 1.38. The molecule has 0 atom stereocenters. The minimum absolute atomic E-state index is 0.0198. The zero-order valence-corrected chi connectivity index (χ0v) is 16.3. The SMILES string of the molecule is CCCn1c2c(c(=O)n(C)c1=O)C(=O)/C(=C/c1cc3c(cc1Br)OCO3)N2. The van der Waals surface area contributed by atoms with Crippen LogP contribution in [0.25, 0.3) is 6.08 Å². The van der Waals surface area contributed by atoms with Gasteiger partial charge in [-0.15, -0.1) is 0 Å². The number of aromatic nitrogens is 2. The number of carbonyl (C=O) groups excluding carboxylic acids is 1. The molecule has 2 aromatic rings. The molecule has 1 aromatic carbocycles. The van der Waals surface area contributed by atoms with Crippen molar-refractivity contribution in [2.24, 2.45) is 7.05 Å². The van der Waals surface area contributed by atoms with E-state index in [1.54, 1.807) is 18.2 Å². The number of ketones is 1. The zero-order valence-electron chi connectivity index (χ0n) is 14.7. The molecule has 27 heavy (non-hydrogen) atoms. The molecule has 0 radical (unpaired) electrons. The normalized spacial score (nSPS) is 16.0. The van der Waals surface area contributed by atoms with Gasteiger partial charge < -0.3 is 14.8 Å². The van der Waals surface area contributed by atoms with Crippen LogP contribution in [0.2, 0.25) is 0 Å². The van der Waals surface area contributed by atoms with Gasteiger partial charge in [-0.2, -0.15) is 0 Å². The number of rotatable bonds is 3. The molecule has 1 N–H and O–H groups in total. The Hall–Kier alpha value is -2.81. The molecule has 3 heterocycles. The van der Waals surface area contributed by atoms with E-state index < -0.39 is 17.0 Å². The summed E-state index contributed by atoms with van der Waals surface area (Å²) in [6.45, 7) is 2.46. The predicted octanol–water partition coefficient (Wildman–Crippen LogP) is 2.10. The molecule has 0 amide bonds. The first kappa shape index (κ1) is 17.6. The van der Waals surface area contributed by atoms with Crippen molar-refractivity contribution < 1.29 is 14.3 Å². The number of hydrogen-bond donors (Lipinski definition) is 1. The van der Waals surface area contributed by atoms with Gasteiger partial charge in [0, 0.05) is 18.1 Å². The quantitative estimate of drug-likeness (QED) is 0.745. The highest BCUT2D eigenvalue weighted by atomic mass is 79.9. The van der Waals surface area contributed by atoms with E-state index in [0.717, 1.165) is 4.57 Å². The standard InChI is InChI=1S/C18H16BrN3O5/c1-3-4-22-16-14(17(24)21(2)18(22)25)15(23)11(20-16)5-9-6-12-13(7-10(9)19)27-8-26-12/h5-7,20H,3-4,8H2,1-2H3/b11-5-. The largest absolute Gasteiger partial charge is 0.454 e. The molecule has 2 aliphatic rings. The topological polar surface area (TPSA) is 91.6 Å². The summed E-state index contributed by atoms with van der Waals surface area (Å²) in [5.41, 5.74) is -0.172. The molecule has 0 aliphatic carbocycles. The fraction of sp³-hybridized carbons (Fsp3) is 0.278. The lowest BCUT2D eigenvalue weighted by molar-refractivity contribution is 0.104. The summed E-state index contributed by atoms with van der Waals surface area (Å²) in [5.74, 6) is 0.994. The fourth-order valence-electron chi connectivity index (χ4n) is 3.15. The Kier molecular flexibility index (Phi) is 4.18. The molecule has 0 saturated carbocycles. The van der Waals surface area contributed by atoms with Crippen LogP contribution in [-0.2, 0) is 13.6 Å². The summed E-state index contributed by atoms with van der Waals surface area (Å²) >= 11 is 3.45. The lowest BCUT2D eigenvalue weighted by Crippen LogP contribution is -2.40. The van der Waals surface area contributed by atoms with Crippen molar-refractivity contribution in [3.8, 4) is 11.5 Å². The lowest BCUT2D eigenvalue weighted by atomic mass is 10.1. The Balaban J connectivity index is 1.84. The Morgan fingerprint density at radius 3 is 2.63 bits per heavy atom. The van der Waals surface area contributed by atoms with Gasteiger partial charge in [-0.1, -0.05) is 22.9 Å². The van der Waals surface area contributed by atoms with Crippen LogP contribution < -0.4 is 26.0 Å². The first-order valence-electron chi connectivity index (χ1n) is 8.38. The molecular formula is C18H16BrN3O5. The molecule has 2 aliphatic heterocycles. The highest BCUT2D eigenvalue weighted by Gasteiger charge is 2.32. The average Bonchev–Trinajstić information content (AvgIpc) is 3.21. The first-order valence-corrected chi connectivity index (χ1v) is 9.18. The summed E-state index contributed by atoms with van der Waals surface area (Å²) in [5, 5.41) is 2.96. The van der Waals surface area contributed by atoms with Gasteiger partial charge in [0.05, 0.1) is 5.70 Å². The maximum absolute atomic E-state index is 12.9. The molecule has 0 saturated heterocycles. The molecular weight excluding hydrogens is 418 g/mol. The number of anilines is 1. The van der Waals surface area contributed by atoms with Crippen molar-refractivity contribution >= 4 is 33.6 Å². The van der Waals surface area contributed by atoms with Crippen molar-refractivity contribution in [1.82, 2.24) is 9.13 Å². The number of benzene rings is 1. The molecule has 9 heteroatoms. The Labute approximate surface area is 162 Å². The molecule has 0 fully saturated rings. The van der Waals surface area contributed by atoms with Crippen LogP contribution in [0.5, 0.6) is 11.5 Å². The van der Waals surface area contributed by atoms with Gasteiger partial charge >= 0.3 is 5.69 Å². The van der Waals surface area contributed by atoms with Crippen LogP contribution >= 0.6 is 15.9 Å². The Morgan fingerprint density at radius 1 is 1.22 bits per heavy atom. The van der Waals surface area contributed by atoms with Crippen molar-refractivity contribution in [3.63, 3.8) is 0 Å². The van der Waals surface area contributed by atoms with Gasteiger partial charge in [0.25, 0.3) is 5.56 Å². The summed E-state index contributed by atoms with van der Waals surface area (Å²) in [6.07, 6.45) is 2.31. The minimum Gasteiger partial charge on any atom is -0.454 e. The predicted molar refractivity (Wildman–Crippen MR) is 102 cm³/mol. The first-order chi connectivity index (χ1) is 12.9. The van der Waals surface area contributed by atoms with Gasteiger partial charge in [-0.25, -0.2) is 4.79 Å². The number of halogens is 1.